The molecule has 2 N–H and O–H groups in total. The van der Waals surface area contributed by atoms with Crippen molar-refractivity contribution in [1.82, 2.24) is 15.1 Å². The second-order valence-electron chi connectivity index (χ2n) is 6.59. The van der Waals surface area contributed by atoms with Crippen LogP contribution in [-0.2, 0) is 11.3 Å². The molecule has 0 spiro atoms. The third-order valence-electron chi connectivity index (χ3n) is 4.80. The molecule has 3 aromatic rings. The van der Waals surface area contributed by atoms with Gasteiger partial charge < -0.3 is 15.0 Å². The van der Waals surface area contributed by atoms with Gasteiger partial charge in [0.1, 0.15) is 5.82 Å². The van der Waals surface area contributed by atoms with Gasteiger partial charge in [-0.1, -0.05) is 30.3 Å². The monoisotopic (exact) mass is 391 g/mol. The maximum atomic E-state index is 12.3. The Morgan fingerprint density at radius 1 is 1.03 bits per heavy atom. The van der Waals surface area contributed by atoms with Crippen LogP contribution in [0.3, 0.4) is 0 Å². The number of carbonyl (C=O) groups is 2. The molecule has 2 amide bonds. The van der Waals surface area contributed by atoms with Crippen LogP contribution >= 0.6 is 0 Å². The van der Waals surface area contributed by atoms with Crippen molar-refractivity contribution in [2.75, 3.05) is 30.9 Å². The summed E-state index contributed by atoms with van der Waals surface area (Å²) in [5, 5.41) is 9.62. The van der Waals surface area contributed by atoms with Crippen molar-refractivity contribution in [2.24, 2.45) is 0 Å². The minimum atomic E-state index is -0.390. The standard InChI is InChI=1S/C21H21N5O3/c1-22-21(28)23-18-13-19-25(8-9-26(19)24-18)17-11-15(14-6-4-3-5-7-14)10-16(12-17)20(27)29-2/h3-7,10-13H,8-9H2,1-2H3,(H2,22,23,24,28). The average Bonchev–Trinajstić information content (AvgIpc) is 3.33. The van der Waals surface area contributed by atoms with Crippen molar-refractivity contribution in [2.45, 2.75) is 6.54 Å². The summed E-state index contributed by atoms with van der Waals surface area (Å²) in [6, 6.07) is 17.0. The lowest BCUT2D eigenvalue weighted by Gasteiger charge is -2.19. The van der Waals surface area contributed by atoms with Crippen molar-refractivity contribution < 1.29 is 14.3 Å². The molecule has 0 atom stereocenters. The molecule has 29 heavy (non-hydrogen) atoms. The van der Waals surface area contributed by atoms with Crippen LogP contribution in [0.4, 0.5) is 22.1 Å². The van der Waals surface area contributed by atoms with Gasteiger partial charge in [-0.05, 0) is 29.3 Å². The van der Waals surface area contributed by atoms with E-state index in [1.54, 1.807) is 7.05 Å². The summed E-state index contributed by atoms with van der Waals surface area (Å²) in [4.78, 5) is 25.9. The molecule has 0 unspecified atom stereocenters. The molecule has 0 fully saturated rings. The van der Waals surface area contributed by atoms with Crippen molar-refractivity contribution in [3.05, 3.63) is 60.2 Å². The number of hydrogen-bond donors (Lipinski definition) is 2. The third kappa shape index (κ3) is 3.64. The summed E-state index contributed by atoms with van der Waals surface area (Å²) >= 11 is 0. The number of nitrogens with one attached hydrogen (secondary N) is 2. The first-order valence-corrected chi connectivity index (χ1v) is 9.22. The molecule has 1 aliphatic rings. The van der Waals surface area contributed by atoms with E-state index in [1.807, 2.05) is 59.3 Å². The normalized spacial score (nSPS) is 12.4. The Morgan fingerprint density at radius 2 is 1.83 bits per heavy atom. The number of rotatable bonds is 4. The summed E-state index contributed by atoms with van der Waals surface area (Å²) in [6.45, 7) is 1.38. The zero-order valence-corrected chi connectivity index (χ0v) is 16.2. The van der Waals surface area contributed by atoms with Crippen molar-refractivity contribution in [3.8, 4) is 11.1 Å². The van der Waals surface area contributed by atoms with E-state index < -0.39 is 5.97 Å². The fourth-order valence-electron chi connectivity index (χ4n) is 3.40. The molecule has 0 saturated heterocycles. The number of amides is 2. The van der Waals surface area contributed by atoms with Gasteiger partial charge in [-0.15, -0.1) is 0 Å². The molecule has 0 saturated carbocycles. The zero-order valence-electron chi connectivity index (χ0n) is 16.2. The maximum absolute atomic E-state index is 12.3. The third-order valence-corrected chi connectivity index (χ3v) is 4.80. The van der Waals surface area contributed by atoms with Crippen LogP contribution in [0.5, 0.6) is 0 Å². The lowest BCUT2D eigenvalue weighted by molar-refractivity contribution is 0.0601. The molecule has 0 radical (unpaired) electrons. The number of methoxy groups -OCH3 is 1. The van der Waals surface area contributed by atoms with E-state index in [2.05, 4.69) is 20.6 Å². The van der Waals surface area contributed by atoms with Gasteiger partial charge in [-0.3, -0.25) is 5.32 Å². The average molecular weight is 391 g/mol. The molecule has 8 nitrogen and oxygen atoms in total. The summed E-state index contributed by atoms with van der Waals surface area (Å²) in [7, 11) is 2.92. The van der Waals surface area contributed by atoms with Gasteiger partial charge in [0.15, 0.2) is 5.82 Å². The van der Waals surface area contributed by atoms with E-state index in [4.69, 9.17) is 4.74 Å². The summed E-state index contributed by atoms with van der Waals surface area (Å²) in [6.07, 6.45) is 0. The Kier molecular flexibility index (Phi) is 4.90. The molecular weight excluding hydrogens is 370 g/mol. The Bertz CT molecular complexity index is 1060. The van der Waals surface area contributed by atoms with E-state index in [0.717, 1.165) is 22.6 Å². The zero-order chi connectivity index (χ0) is 20.4. The number of aromatic nitrogens is 2. The van der Waals surface area contributed by atoms with Crippen molar-refractivity contribution in [3.63, 3.8) is 0 Å². The topological polar surface area (TPSA) is 88.5 Å². The van der Waals surface area contributed by atoms with Crippen LogP contribution in [0.1, 0.15) is 10.4 Å². The number of urea groups is 1. The summed E-state index contributed by atoms with van der Waals surface area (Å²) in [5.41, 5.74) is 3.27. The minimum Gasteiger partial charge on any atom is -0.465 e. The van der Waals surface area contributed by atoms with Crippen LogP contribution in [0.15, 0.2) is 54.6 Å². The number of anilines is 3. The molecule has 148 valence electrons. The second kappa shape index (κ2) is 7.67. The largest absolute Gasteiger partial charge is 0.465 e. The highest BCUT2D eigenvalue weighted by Crippen LogP contribution is 2.35. The molecule has 8 heteroatoms. The van der Waals surface area contributed by atoms with Gasteiger partial charge in [0.25, 0.3) is 0 Å². The smallest absolute Gasteiger partial charge is 0.337 e. The van der Waals surface area contributed by atoms with Gasteiger partial charge in [-0.25, -0.2) is 14.3 Å². The number of hydrogen-bond acceptors (Lipinski definition) is 5. The molecule has 4 rings (SSSR count). The van der Waals surface area contributed by atoms with Crippen LogP contribution in [0.2, 0.25) is 0 Å². The van der Waals surface area contributed by atoms with Crippen LogP contribution in [0.25, 0.3) is 11.1 Å². The van der Waals surface area contributed by atoms with Gasteiger partial charge in [0.2, 0.25) is 0 Å². The Labute approximate surface area is 168 Å². The molecular formula is C21H21N5O3. The van der Waals surface area contributed by atoms with Gasteiger partial charge >= 0.3 is 12.0 Å². The van der Waals surface area contributed by atoms with Crippen molar-refractivity contribution in [1.29, 1.82) is 0 Å². The molecule has 0 aliphatic carbocycles. The number of carbonyl (C=O) groups excluding carboxylic acids is 2. The predicted molar refractivity (Wildman–Crippen MR) is 111 cm³/mol. The minimum absolute atomic E-state index is 0.327. The highest BCUT2D eigenvalue weighted by Gasteiger charge is 2.25. The van der Waals surface area contributed by atoms with Crippen LogP contribution in [-0.4, -0.2) is 42.5 Å². The summed E-state index contributed by atoms with van der Waals surface area (Å²) in [5.74, 6) is 0.924. The molecule has 1 aliphatic heterocycles. The first kappa shape index (κ1) is 18.5. The van der Waals surface area contributed by atoms with Gasteiger partial charge in [0, 0.05) is 25.3 Å². The highest BCUT2D eigenvalue weighted by molar-refractivity contribution is 5.93. The maximum Gasteiger partial charge on any atom is 0.337 e. The summed E-state index contributed by atoms with van der Waals surface area (Å²) < 4.78 is 6.78. The molecule has 2 heterocycles. The van der Waals surface area contributed by atoms with E-state index in [-0.39, 0.29) is 6.03 Å². The highest BCUT2D eigenvalue weighted by atomic mass is 16.5. The fourth-order valence-corrected chi connectivity index (χ4v) is 3.40. The Hall–Kier alpha value is -3.81. The van der Waals surface area contributed by atoms with Crippen LogP contribution < -0.4 is 15.5 Å². The van der Waals surface area contributed by atoms with Crippen LogP contribution in [0, 0.1) is 0 Å². The lowest BCUT2D eigenvalue weighted by Crippen LogP contribution is -2.24. The number of nitrogens with zero attached hydrogens (tertiary/aromatic N) is 3. The molecule has 1 aromatic heterocycles. The van der Waals surface area contributed by atoms with Gasteiger partial charge in [-0.2, -0.15) is 5.10 Å². The van der Waals surface area contributed by atoms with E-state index in [9.17, 15) is 9.59 Å². The quantitative estimate of drug-likeness (QED) is 0.667. The van der Waals surface area contributed by atoms with E-state index >= 15 is 0 Å². The number of esters is 1. The van der Waals surface area contributed by atoms with Crippen molar-refractivity contribution >= 4 is 29.3 Å². The van der Waals surface area contributed by atoms with E-state index in [1.165, 1.54) is 7.11 Å². The SMILES string of the molecule is CNC(=O)Nc1cc2n(n1)CCN2c1cc(C(=O)OC)cc(-c2ccccc2)c1. The molecule has 0 bridgehead atoms. The number of fused-ring (bicyclic) bond motifs is 1. The first-order chi connectivity index (χ1) is 14.1. The number of benzene rings is 2. The Morgan fingerprint density at radius 3 is 2.55 bits per heavy atom. The first-order valence-electron chi connectivity index (χ1n) is 9.22. The fraction of sp³-hybridized carbons (Fsp3) is 0.190. The molecule has 2 aromatic carbocycles. The van der Waals surface area contributed by atoms with Gasteiger partial charge in [0.05, 0.1) is 19.2 Å². The predicted octanol–water partition coefficient (Wildman–Crippen LogP) is 3.24. The van der Waals surface area contributed by atoms with E-state index in [0.29, 0.717) is 24.5 Å². The lowest BCUT2D eigenvalue weighted by atomic mass is 10.0. The second-order valence-corrected chi connectivity index (χ2v) is 6.59. The Balaban J connectivity index is 1.74. The number of ether oxygens (including phenoxy) is 1.